The number of furan rings is 1. The van der Waals surface area contributed by atoms with Gasteiger partial charge in [-0.2, -0.15) is 4.72 Å². The number of benzene rings is 3. The summed E-state index contributed by atoms with van der Waals surface area (Å²) in [6, 6.07) is 13.4. The van der Waals surface area contributed by atoms with Crippen molar-refractivity contribution >= 4 is 59.5 Å². The third-order valence-electron chi connectivity index (χ3n) is 5.58. The smallest absolute Gasteiger partial charge is 0.322 e. The zero-order valence-corrected chi connectivity index (χ0v) is 19.7. The van der Waals surface area contributed by atoms with Crippen LogP contribution in [0.3, 0.4) is 0 Å². The van der Waals surface area contributed by atoms with Gasteiger partial charge in [-0.25, -0.2) is 17.8 Å². The maximum absolute atomic E-state index is 14.0. The summed E-state index contributed by atoms with van der Waals surface area (Å²) in [5, 5.41) is 11.3. The lowest BCUT2D eigenvalue weighted by molar-refractivity contribution is -0.140. The van der Waals surface area contributed by atoms with Crippen molar-refractivity contribution < 1.29 is 27.1 Å². The van der Waals surface area contributed by atoms with Crippen molar-refractivity contribution in [3.63, 3.8) is 0 Å². The molecule has 0 amide bonds. The first kappa shape index (κ1) is 22.5. The van der Waals surface area contributed by atoms with Crippen molar-refractivity contribution in [1.82, 2.24) is 9.71 Å². The number of carbonyl (C=O) groups is 1. The van der Waals surface area contributed by atoms with Crippen LogP contribution in [0.5, 0.6) is 0 Å². The molecule has 3 aromatic carbocycles. The molecule has 2 aromatic heterocycles. The average Bonchev–Trinajstić information content (AvgIpc) is 3.38. The Balaban J connectivity index is 1.56. The third kappa shape index (κ3) is 3.83. The van der Waals surface area contributed by atoms with Crippen LogP contribution in [0, 0.1) is 11.7 Å². The van der Waals surface area contributed by atoms with E-state index in [2.05, 4.69) is 9.71 Å². The third-order valence-corrected chi connectivity index (χ3v) is 8.09. The van der Waals surface area contributed by atoms with E-state index >= 15 is 0 Å². The normalized spacial score (nSPS) is 13.3. The van der Waals surface area contributed by atoms with Gasteiger partial charge in [0, 0.05) is 16.3 Å². The Hall–Kier alpha value is -3.34. The topological polar surface area (TPSA) is 110 Å². The van der Waals surface area contributed by atoms with Gasteiger partial charge < -0.3 is 9.52 Å². The number of rotatable bonds is 6. The molecule has 34 heavy (non-hydrogen) atoms. The Kier molecular flexibility index (Phi) is 5.38. The van der Waals surface area contributed by atoms with Gasteiger partial charge in [0.05, 0.1) is 9.60 Å². The number of para-hydroxylation sites is 1. The predicted octanol–water partition coefficient (Wildman–Crippen LogP) is 5.39. The van der Waals surface area contributed by atoms with Gasteiger partial charge in [-0.1, -0.05) is 26.0 Å². The van der Waals surface area contributed by atoms with Gasteiger partial charge in [0.25, 0.3) is 0 Å². The molecular formula is C24H19FN2O5S2. The Morgan fingerprint density at radius 2 is 1.88 bits per heavy atom. The zero-order chi connectivity index (χ0) is 24.2. The summed E-state index contributed by atoms with van der Waals surface area (Å²) in [5.74, 6) is -2.05. The number of nitrogens with zero attached hydrogens (tertiary/aromatic N) is 1. The first-order valence-electron chi connectivity index (χ1n) is 10.4. The number of carboxylic acids is 1. The number of aromatic nitrogens is 1. The fourth-order valence-corrected chi connectivity index (χ4v) is 6.14. The number of halogens is 1. The van der Waals surface area contributed by atoms with E-state index < -0.39 is 28.0 Å². The maximum atomic E-state index is 14.0. The lowest BCUT2D eigenvalue weighted by atomic mass is 10.1. The van der Waals surface area contributed by atoms with Crippen LogP contribution >= 0.6 is 11.3 Å². The molecule has 7 nitrogen and oxygen atoms in total. The second kappa shape index (κ2) is 8.15. The summed E-state index contributed by atoms with van der Waals surface area (Å²) < 4.78 is 48.7. The van der Waals surface area contributed by atoms with Crippen molar-refractivity contribution in [3.8, 4) is 10.6 Å². The maximum Gasteiger partial charge on any atom is 0.322 e. The Morgan fingerprint density at radius 1 is 1.09 bits per heavy atom. The van der Waals surface area contributed by atoms with Crippen LogP contribution in [-0.4, -0.2) is 30.5 Å². The summed E-state index contributed by atoms with van der Waals surface area (Å²) >= 11 is 1.37. The number of thiazole rings is 1. The molecule has 0 aliphatic carbocycles. The summed E-state index contributed by atoms with van der Waals surface area (Å²) in [6.45, 7) is 3.26. The minimum absolute atomic E-state index is 0.0553. The van der Waals surface area contributed by atoms with Crippen LogP contribution in [0.15, 0.2) is 63.9 Å². The molecule has 0 bridgehead atoms. The number of fused-ring (bicyclic) bond motifs is 4. The second-order valence-electron chi connectivity index (χ2n) is 8.26. The molecule has 0 aliphatic heterocycles. The minimum atomic E-state index is -4.07. The Bertz CT molecular complexity index is 1690. The number of nitrogens with one attached hydrogen (secondary N) is 1. The first-order chi connectivity index (χ1) is 16.1. The molecule has 0 saturated carbocycles. The lowest BCUT2D eigenvalue weighted by Gasteiger charge is -2.17. The second-order valence-corrected chi connectivity index (χ2v) is 11.0. The van der Waals surface area contributed by atoms with Crippen LogP contribution < -0.4 is 4.72 Å². The number of aliphatic carboxylic acids is 1. The number of carboxylic acid groups (broad SMARTS) is 1. The van der Waals surface area contributed by atoms with Crippen LogP contribution in [0.2, 0.25) is 0 Å². The van der Waals surface area contributed by atoms with E-state index in [-0.39, 0.29) is 10.7 Å². The molecule has 1 atom stereocenters. The van der Waals surface area contributed by atoms with Gasteiger partial charge in [0.15, 0.2) is 0 Å². The SMILES string of the molecule is CC(C)[C@@H](NS(=O)(=O)c1ccc2oc3cc(-c4nc5c(F)cccc5s4)ccc3c2c1)C(=O)O. The average molecular weight is 499 g/mol. The van der Waals surface area contributed by atoms with E-state index in [4.69, 9.17) is 4.42 Å². The van der Waals surface area contributed by atoms with E-state index in [0.29, 0.717) is 32.5 Å². The van der Waals surface area contributed by atoms with Crippen molar-refractivity contribution in [2.75, 3.05) is 0 Å². The molecular weight excluding hydrogens is 479 g/mol. The number of hydrogen-bond acceptors (Lipinski definition) is 6. The molecule has 0 fully saturated rings. The minimum Gasteiger partial charge on any atom is -0.480 e. The van der Waals surface area contributed by atoms with Crippen LogP contribution in [-0.2, 0) is 14.8 Å². The molecule has 2 N–H and O–H groups in total. The summed E-state index contributed by atoms with van der Waals surface area (Å²) in [4.78, 5) is 15.8. The molecule has 0 radical (unpaired) electrons. The van der Waals surface area contributed by atoms with Crippen molar-refractivity contribution in [1.29, 1.82) is 0 Å². The van der Waals surface area contributed by atoms with E-state index in [1.54, 1.807) is 38.1 Å². The van der Waals surface area contributed by atoms with Gasteiger partial charge >= 0.3 is 5.97 Å². The van der Waals surface area contributed by atoms with E-state index in [0.717, 1.165) is 10.3 Å². The molecule has 0 saturated heterocycles. The molecule has 0 unspecified atom stereocenters. The molecule has 5 rings (SSSR count). The molecule has 2 heterocycles. The summed E-state index contributed by atoms with van der Waals surface area (Å²) in [5.41, 5.74) is 2.08. The highest BCUT2D eigenvalue weighted by molar-refractivity contribution is 7.89. The highest BCUT2D eigenvalue weighted by atomic mass is 32.2. The highest BCUT2D eigenvalue weighted by Gasteiger charge is 2.28. The van der Waals surface area contributed by atoms with Crippen LogP contribution in [0.1, 0.15) is 13.8 Å². The summed E-state index contributed by atoms with van der Waals surface area (Å²) in [7, 11) is -4.07. The molecule has 174 valence electrons. The fourth-order valence-electron chi connectivity index (χ4n) is 3.80. The monoisotopic (exact) mass is 498 g/mol. The quantitative estimate of drug-likeness (QED) is 0.325. The molecule has 5 aromatic rings. The molecule has 0 aliphatic rings. The first-order valence-corrected chi connectivity index (χ1v) is 12.7. The number of sulfonamides is 1. The lowest BCUT2D eigenvalue weighted by Crippen LogP contribution is -2.44. The van der Waals surface area contributed by atoms with Crippen molar-refractivity contribution in [2.24, 2.45) is 5.92 Å². The highest BCUT2D eigenvalue weighted by Crippen LogP contribution is 2.36. The van der Waals surface area contributed by atoms with Crippen LogP contribution in [0.25, 0.3) is 42.7 Å². The zero-order valence-electron chi connectivity index (χ0n) is 18.1. The van der Waals surface area contributed by atoms with Crippen molar-refractivity contribution in [3.05, 3.63) is 60.4 Å². The van der Waals surface area contributed by atoms with Crippen molar-refractivity contribution in [2.45, 2.75) is 24.8 Å². The van der Waals surface area contributed by atoms with Crippen LogP contribution in [0.4, 0.5) is 4.39 Å². The van der Waals surface area contributed by atoms with E-state index in [1.807, 2.05) is 12.1 Å². The largest absolute Gasteiger partial charge is 0.480 e. The van der Waals surface area contributed by atoms with Gasteiger partial charge in [0.2, 0.25) is 10.0 Å². The Labute approximate surface area is 197 Å². The predicted molar refractivity (Wildman–Crippen MR) is 129 cm³/mol. The number of hydrogen-bond donors (Lipinski definition) is 2. The van der Waals surface area contributed by atoms with Gasteiger partial charge in [0.1, 0.15) is 33.5 Å². The van der Waals surface area contributed by atoms with E-state index in [1.165, 1.54) is 29.5 Å². The fraction of sp³-hybridized carbons (Fsp3) is 0.167. The van der Waals surface area contributed by atoms with E-state index in [9.17, 15) is 22.7 Å². The molecule has 10 heteroatoms. The Morgan fingerprint density at radius 3 is 2.59 bits per heavy atom. The van der Waals surface area contributed by atoms with Gasteiger partial charge in [-0.05, 0) is 48.4 Å². The molecule has 0 spiro atoms. The summed E-state index contributed by atoms with van der Waals surface area (Å²) in [6.07, 6.45) is 0. The van der Waals surface area contributed by atoms with Gasteiger partial charge in [-0.15, -0.1) is 11.3 Å². The standard InChI is InChI=1S/C24H19FN2O5S2/c1-12(2)21(24(28)29)27-34(30,31)14-7-9-18-16(11-14)15-8-6-13(10-19(15)32-18)23-26-22-17(25)4-3-5-20(22)33-23/h3-12,21,27H,1-2H3,(H,28,29)/t21-/m1/s1. The van der Waals surface area contributed by atoms with Gasteiger partial charge in [-0.3, -0.25) is 4.79 Å².